The third-order valence-corrected chi connectivity index (χ3v) is 4.91. The minimum absolute atomic E-state index is 0.168. The normalized spacial score (nSPS) is 21.2. The van der Waals surface area contributed by atoms with Crippen LogP contribution in [0.4, 0.5) is 11.4 Å². The van der Waals surface area contributed by atoms with Crippen LogP contribution in [-0.2, 0) is 4.79 Å². The van der Waals surface area contributed by atoms with E-state index in [2.05, 4.69) is 31.4 Å². The van der Waals surface area contributed by atoms with Gasteiger partial charge in [0.2, 0.25) is 5.91 Å². The van der Waals surface area contributed by atoms with Crippen LogP contribution in [0.1, 0.15) is 63.7 Å². The lowest BCUT2D eigenvalue weighted by Crippen LogP contribution is -2.39. The molecular weight excluding hydrogens is 302 g/mol. The lowest BCUT2D eigenvalue weighted by molar-refractivity contribution is -0.114. The van der Waals surface area contributed by atoms with Crippen LogP contribution >= 0.6 is 0 Å². The first-order chi connectivity index (χ1) is 11.2. The zero-order valence-corrected chi connectivity index (χ0v) is 15.1. The minimum Gasteiger partial charge on any atom is -0.398 e. The minimum atomic E-state index is -0.174. The molecule has 1 saturated carbocycles. The number of carbonyl (C=O) groups is 2. The Morgan fingerprint density at radius 3 is 2.29 bits per heavy atom. The van der Waals surface area contributed by atoms with Gasteiger partial charge in [0.1, 0.15) is 0 Å². The predicted molar refractivity (Wildman–Crippen MR) is 97.8 cm³/mol. The van der Waals surface area contributed by atoms with Crippen LogP contribution in [0, 0.1) is 11.3 Å². The van der Waals surface area contributed by atoms with Crippen molar-refractivity contribution in [2.24, 2.45) is 11.3 Å². The second-order valence-corrected chi connectivity index (χ2v) is 7.87. The van der Waals surface area contributed by atoms with E-state index in [0.29, 0.717) is 28.3 Å². The Labute approximate surface area is 144 Å². The highest BCUT2D eigenvalue weighted by Crippen LogP contribution is 2.37. The molecule has 2 amide bonds. The Balaban J connectivity index is 1.99. The summed E-state index contributed by atoms with van der Waals surface area (Å²) in [6.45, 7) is 8.28. The quantitative estimate of drug-likeness (QED) is 0.740. The summed E-state index contributed by atoms with van der Waals surface area (Å²) >= 11 is 0. The van der Waals surface area contributed by atoms with Crippen LogP contribution in [0.5, 0.6) is 0 Å². The number of nitrogens with one attached hydrogen (secondary N) is 2. The van der Waals surface area contributed by atoms with Crippen LogP contribution in [0.25, 0.3) is 0 Å². The molecule has 24 heavy (non-hydrogen) atoms. The van der Waals surface area contributed by atoms with Crippen LogP contribution in [0.2, 0.25) is 0 Å². The topological polar surface area (TPSA) is 84.2 Å². The molecule has 0 radical (unpaired) electrons. The summed E-state index contributed by atoms with van der Waals surface area (Å²) < 4.78 is 0. The van der Waals surface area contributed by atoms with E-state index in [-0.39, 0.29) is 17.9 Å². The summed E-state index contributed by atoms with van der Waals surface area (Å²) in [6.07, 6.45) is 4.27. The van der Waals surface area contributed by atoms with Crippen molar-refractivity contribution in [3.05, 3.63) is 23.8 Å². The van der Waals surface area contributed by atoms with Crippen molar-refractivity contribution >= 4 is 23.2 Å². The molecule has 132 valence electrons. The summed E-state index contributed by atoms with van der Waals surface area (Å²) in [5, 5.41) is 5.78. The van der Waals surface area contributed by atoms with E-state index < -0.39 is 0 Å². The van der Waals surface area contributed by atoms with Crippen molar-refractivity contribution in [2.45, 2.75) is 59.4 Å². The molecule has 0 aliphatic heterocycles. The first-order valence-corrected chi connectivity index (χ1v) is 8.65. The number of hydrogen-bond donors (Lipinski definition) is 3. The lowest BCUT2D eigenvalue weighted by Gasteiger charge is -2.37. The lowest BCUT2D eigenvalue weighted by atomic mass is 9.71. The van der Waals surface area contributed by atoms with E-state index >= 15 is 0 Å². The largest absolute Gasteiger partial charge is 0.398 e. The first kappa shape index (κ1) is 18.3. The third-order valence-electron chi connectivity index (χ3n) is 4.91. The molecule has 0 unspecified atom stereocenters. The molecule has 1 aromatic rings. The van der Waals surface area contributed by atoms with Crippen molar-refractivity contribution < 1.29 is 9.59 Å². The second-order valence-electron chi connectivity index (χ2n) is 7.87. The van der Waals surface area contributed by atoms with Gasteiger partial charge in [0.15, 0.2) is 0 Å². The van der Waals surface area contributed by atoms with Crippen molar-refractivity contribution in [2.75, 3.05) is 11.1 Å². The summed E-state index contributed by atoms with van der Waals surface area (Å²) in [6, 6.07) is 5.17. The van der Waals surface area contributed by atoms with Crippen molar-refractivity contribution in [1.82, 2.24) is 5.32 Å². The Bertz CT molecular complexity index is 612. The van der Waals surface area contributed by atoms with Crippen LogP contribution in [0.15, 0.2) is 18.2 Å². The van der Waals surface area contributed by atoms with Gasteiger partial charge in [-0.05, 0) is 55.2 Å². The SMILES string of the molecule is CC(=O)Nc1ccc(N)c(C(=O)N[C@H]2CC[C@H](C(C)(C)C)CC2)c1. The van der Waals surface area contributed by atoms with Gasteiger partial charge in [-0.15, -0.1) is 0 Å². The van der Waals surface area contributed by atoms with Gasteiger partial charge in [0, 0.05) is 24.3 Å². The molecule has 1 aliphatic carbocycles. The molecule has 0 spiro atoms. The molecule has 0 aromatic heterocycles. The Morgan fingerprint density at radius 1 is 1.12 bits per heavy atom. The van der Waals surface area contributed by atoms with Gasteiger partial charge in [0.25, 0.3) is 5.91 Å². The fourth-order valence-electron chi connectivity index (χ4n) is 3.40. The van der Waals surface area contributed by atoms with Gasteiger partial charge in [0.05, 0.1) is 5.56 Å². The van der Waals surface area contributed by atoms with Gasteiger partial charge in [-0.2, -0.15) is 0 Å². The molecule has 0 bridgehead atoms. The maximum Gasteiger partial charge on any atom is 0.253 e. The van der Waals surface area contributed by atoms with Gasteiger partial charge < -0.3 is 16.4 Å². The fraction of sp³-hybridized carbons (Fsp3) is 0.579. The molecule has 0 atom stereocenters. The first-order valence-electron chi connectivity index (χ1n) is 8.65. The maximum absolute atomic E-state index is 12.5. The average molecular weight is 331 g/mol. The highest BCUT2D eigenvalue weighted by atomic mass is 16.2. The van der Waals surface area contributed by atoms with Crippen molar-refractivity contribution in [3.8, 4) is 0 Å². The van der Waals surface area contributed by atoms with E-state index in [0.717, 1.165) is 25.7 Å². The Morgan fingerprint density at radius 2 is 1.75 bits per heavy atom. The van der Waals surface area contributed by atoms with Crippen molar-refractivity contribution in [1.29, 1.82) is 0 Å². The molecule has 1 aliphatic rings. The summed E-state index contributed by atoms with van der Waals surface area (Å²) in [5.41, 5.74) is 7.68. The monoisotopic (exact) mass is 331 g/mol. The second kappa shape index (κ2) is 7.24. The summed E-state index contributed by atoms with van der Waals surface area (Å²) in [5.74, 6) is 0.365. The van der Waals surface area contributed by atoms with Gasteiger partial charge in [-0.3, -0.25) is 9.59 Å². The third kappa shape index (κ3) is 4.73. The number of benzene rings is 1. The Kier molecular flexibility index (Phi) is 5.52. The summed E-state index contributed by atoms with van der Waals surface area (Å²) in [7, 11) is 0. The van der Waals surface area contributed by atoms with Gasteiger partial charge >= 0.3 is 0 Å². The highest BCUT2D eigenvalue weighted by molar-refractivity contribution is 6.01. The molecule has 4 N–H and O–H groups in total. The molecule has 0 heterocycles. The van der Waals surface area contributed by atoms with E-state index in [4.69, 9.17) is 5.73 Å². The molecule has 1 aromatic carbocycles. The standard InChI is InChI=1S/C19H29N3O2/c1-12(23)21-15-9-10-17(20)16(11-15)18(24)22-14-7-5-13(6-8-14)19(2,3)4/h9-11,13-14H,5-8,20H2,1-4H3,(H,21,23)(H,22,24)/t13-,14-. The number of hydrogen-bond acceptors (Lipinski definition) is 3. The molecular formula is C19H29N3O2. The smallest absolute Gasteiger partial charge is 0.253 e. The number of carbonyl (C=O) groups excluding carboxylic acids is 2. The van der Waals surface area contributed by atoms with E-state index in [9.17, 15) is 9.59 Å². The van der Waals surface area contributed by atoms with Gasteiger partial charge in [-0.1, -0.05) is 20.8 Å². The molecule has 5 nitrogen and oxygen atoms in total. The average Bonchev–Trinajstić information content (AvgIpc) is 2.48. The maximum atomic E-state index is 12.5. The Hall–Kier alpha value is -2.04. The molecule has 1 fully saturated rings. The zero-order valence-electron chi connectivity index (χ0n) is 15.1. The number of nitrogen functional groups attached to an aromatic ring is 1. The molecule has 5 heteroatoms. The number of anilines is 2. The summed E-state index contributed by atoms with van der Waals surface area (Å²) in [4.78, 5) is 23.7. The molecule has 0 saturated heterocycles. The van der Waals surface area contributed by atoms with Gasteiger partial charge in [-0.25, -0.2) is 0 Å². The zero-order chi connectivity index (χ0) is 17.9. The number of nitrogens with two attached hydrogens (primary N) is 1. The van der Waals surface area contributed by atoms with Crippen LogP contribution in [0.3, 0.4) is 0 Å². The number of rotatable bonds is 3. The van der Waals surface area contributed by atoms with E-state index in [1.54, 1.807) is 18.2 Å². The van der Waals surface area contributed by atoms with E-state index in [1.165, 1.54) is 6.92 Å². The highest BCUT2D eigenvalue weighted by Gasteiger charge is 2.30. The van der Waals surface area contributed by atoms with Crippen LogP contribution < -0.4 is 16.4 Å². The molecule has 2 rings (SSSR count). The van der Waals surface area contributed by atoms with Crippen LogP contribution in [-0.4, -0.2) is 17.9 Å². The fourth-order valence-corrected chi connectivity index (χ4v) is 3.40. The van der Waals surface area contributed by atoms with E-state index in [1.807, 2.05) is 0 Å². The van der Waals surface area contributed by atoms with Crippen molar-refractivity contribution in [3.63, 3.8) is 0 Å². The predicted octanol–water partition coefficient (Wildman–Crippen LogP) is 3.56. The number of amides is 2.